The molecule has 2 heterocycles. The average molecular weight is 546 g/mol. The normalized spacial score (nSPS) is 17.7. The molecule has 0 radical (unpaired) electrons. The van der Waals surface area contributed by atoms with Gasteiger partial charge in [0.2, 0.25) is 0 Å². The van der Waals surface area contributed by atoms with E-state index in [1.807, 2.05) is 0 Å². The van der Waals surface area contributed by atoms with E-state index in [0.717, 1.165) is 0 Å². The zero-order chi connectivity index (χ0) is 23.3. The topological polar surface area (TPSA) is 0 Å². The number of halogens is 2. The van der Waals surface area contributed by atoms with Gasteiger partial charge in [-0.1, -0.05) is 75.1 Å². The molecule has 33 heavy (non-hydrogen) atoms. The molecule has 0 atom stereocenters. The van der Waals surface area contributed by atoms with Crippen molar-refractivity contribution in [2.24, 2.45) is 0 Å². The Kier molecular flexibility index (Phi) is 8.81. The molecule has 0 saturated carbocycles. The fourth-order valence-corrected chi connectivity index (χ4v) is 14.2. The fourth-order valence-electron chi connectivity index (χ4n) is 6.06. The van der Waals surface area contributed by atoms with E-state index in [0.29, 0.717) is 0 Å². The molecule has 0 bridgehead atoms. The molecule has 0 nitrogen and oxygen atoms in total. The predicted octanol–water partition coefficient (Wildman–Crippen LogP) is 8.65. The summed E-state index contributed by atoms with van der Waals surface area (Å²) in [6, 6.07) is 36.2. The van der Waals surface area contributed by atoms with Gasteiger partial charge in [0.1, 0.15) is 0 Å². The van der Waals surface area contributed by atoms with Crippen molar-refractivity contribution in [1.82, 2.24) is 0 Å². The van der Waals surface area contributed by atoms with E-state index in [9.17, 15) is 0 Å². The molecule has 4 aromatic rings. The molecule has 2 fully saturated rings. The first-order chi connectivity index (χ1) is 16.1. The Morgan fingerprint density at radius 3 is 1.33 bits per heavy atom. The monoisotopic (exact) mass is 544 g/mol. The summed E-state index contributed by atoms with van der Waals surface area (Å²) in [6.45, 7) is 4.79. The van der Waals surface area contributed by atoms with Crippen LogP contribution in [0.25, 0.3) is 21.5 Å². The van der Waals surface area contributed by atoms with Gasteiger partial charge in [0, 0.05) is 16.1 Å². The van der Waals surface area contributed by atoms with Crippen molar-refractivity contribution in [3.05, 3.63) is 72.8 Å². The Balaban J connectivity index is 0.000000141. The number of hydrogen-bond acceptors (Lipinski definition) is 0. The second kappa shape index (κ2) is 11.4. The van der Waals surface area contributed by atoms with Gasteiger partial charge < -0.3 is 0 Å². The summed E-state index contributed by atoms with van der Waals surface area (Å²) >= 11 is -0.556. The molecule has 0 N–H and O–H groups in total. The van der Waals surface area contributed by atoms with Crippen LogP contribution in [0.4, 0.5) is 0 Å². The predicted molar refractivity (Wildman–Crippen MR) is 151 cm³/mol. The van der Waals surface area contributed by atoms with Crippen molar-refractivity contribution in [2.45, 2.75) is 63.0 Å². The maximum atomic E-state index is 4.89. The van der Waals surface area contributed by atoms with Gasteiger partial charge in [0.05, 0.1) is 0 Å². The number of benzene rings is 2. The van der Waals surface area contributed by atoms with Gasteiger partial charge in [0.25, 0.3) is 0 Å². The molecule has 0 spiro atoms. The van der Waals surface area contributed by atoms with Crippen LogP contribution in [-0.4, -0.2) is 16.1 Å². The molecule has 0 amide bonds. The van der Waals surface area contributed by atoms with Gasteiger partial charge >= 0.3 is 35.6 Å². The first-order valence-corrected chi connectivity index (χ1v) is 21.9. The molecular weight excluding hydrogens is 511 g/mol. The van der Waals surface area contributed by atoms with E-state index in [-0.39, 0.29) is 0 Å². The summed E-state index contributed by atoms with van der Waals surface area (Å²) in [7, 11) is 7.77. The van der Waals surface area contributed by atoms with Crippen LogP contribution in [0.3, 0.4) is 0 Å². The number of fused-ring (bicyclic) bond motifs is 2. The van der Waals surface area contributed by atoms with Gasteiger partial charge in [0.15, 0.2) is 0 Å². The molecule has 0 aliphatic carbocycles. The zero-order valence-electron chi connectivity index (χ0n) is 19.8. The van der Waals surface area contributed by atoms with Crippen LogP contribution in [-0.2, 0) is 17.0 Å². The number of hydrogen-bond donors (Lipinski definition) is 0. The summed E-state index contributed by atoms with van der Waals surface area (Å²) in [5, 5.41) is 9.47. The number of rotatable bonds is 4. The van der Waals surface area contributed by atoms with Crippen LogP contribution >= 0.6 is 18.6 Å². The SMILES string of the molecule is CC[Si]1([c-]2ccc3ccccc32)CCC1.CC[Si]1([c-]2ccc3ccccc32)CCC1.[Cl][Ti][Cl]. The van der Waals surface area contributed by atoms with Crippen molar-refractivity contribution in [3.63, 3.8) is 0 Å². The molecular formula is C28H34Cl2Si2Ti-2. The molecule has 2 aliphatic rings. The van der Waals surface area contributed by atoms with Crippen LogP contribution in [0.1, 0.15) is 26.7 Å². The van der Waals surface area contributed by atoms with E-state index in [2.05, 4.69) is 86.6 Å². The van der Waals surface area contributed by atoms with Crippen molar-refractivity contribution >= 4 is 66.7 Å². The third-order valence-corrected chi connectivity index (χ3v) is 19.6. The maximum absolute atomic E-state index is 4.89. The summed E-state index contributed by atoms with van der Waals surface area (Å²) < 4.78 is 0. The summed E-state index contributed by atoms with van der Waals surface area (Å²) in [4.78, 5) is 0. The summed E-state index contributed by atoms with van der Waals surface area (Å²) in [6.07, 6.45) is 2.94. The Labute approximate surface area is 218 Å². The summed E-state index contributed by atoms with van der Waals surface area (Å²) in [5.74, 6) is 0. The zero-order valence-corrected chi connectivity index (χ0v) is 24.9. The van der Waals surface area contributed by atoms with Crippen LogP contribution in [0.5, 0.6) is 0 Å². The van der Waals surface area contributed by atoms with Gasteiger partial charge in [-0.15, -0.1) is 68.3 Å². The van der Waals surface area contributed by atoms with Crippen molar-refractivity contribution in [3.8, 4) is 0 Å². The molecule has 2 saturated heterocycles. The van der Waals surface area contributed by atoms with E-state index in [1.165, 1.54) is 59.9 Å². The quantitative estimate of drug-likeness (QED) is 0.178. The van der Waals surface area contributed by atoms with Crippen LogP contribution in [0, 0.1) is 0 Å². The van der Waals surface area contributed by atoms with Gasteiger partial charge in [-0.2, -0.15) is 24.3 Å². The molecule has 0 unspecified atom stereocenters. The molecule has 4 aromatic carbocycles. The van der Waals surface area contributed by atoms with Gasteiger partial charge in [-0.25, -0.2) is 0 Å². The van der Waals surface area contributed by atoms with Crippen molar-refractivity contribution in [2.75, 3.05) is 0 Å². The van der Waals surface area contributed by atoms with E-state index >= 15 is 0 Å². The third kappa shape index (κ3) is 5.03. The van der Waals surface area contributed by atoms with Crippen molar-refractivity contribution in [1.29, 1.82) is 0 Å². The molecule has 174 valence electrons. The van der Waals surface area contributed by atoms with Gasteiger partial charge in [-0.05, 0) is 0 Å². The van der Waals surface area contributed by atoms with Crippen molar-refractivity contribution < 1.29 is 17.0 Å². The minimum atomic E-state index is -1.01. The fraction of sp³-hybridized carbons (Fsp3) is 0.357. The third-order valence-electron chi connectivity index (χ3n) is 8.48. The van der Waals surface area contributed by atoms with E-state index in [1.54, 1.807) is 21.1 Å². The van der Waals surface area contributed by atoms with Crippen LogP contribution < -0.4 is 10.4 Å². The molecule has 0 aromatic heterocycles. The van der Waals surface area contributed by atoms with E-state index < -0.39 is 33.2 Å². The first-order valence-electron chi connectivity index (χ1n) is 12.4. The minimum absolute atomic E-state index is 0.556. The Bertz CT molecular complexity index is 1070. The van der Waals surface area contributed by atoms with Crippen LogP contribution in [0.15, 0.2) is 72.8 Å². The van der Waals surface area contributed by atoms with E-state index in [4.69, 9.17) is 18.6 Å². The Morgan fingerprint density at radius 1 is 0.667 bits per heavy atom. The molecule has 6 rings (SSSR count). The van der Waals surface area contributed by atoms with Gasteiger partial charge in [-0.3, -0.25) is 0 Å². The second-order valence-electron chi connectivity index (χ2n) is 9.71. The first kappa shape index (κ1) is 25.5. The second-order valence-corrected chi connectivity index (χ2v) is 21.9. The molecule has 5 heteroatoms. The average Bonchev–Trinajstić information content (AvgIpc) is 3.40. The Morgan fingerprint density at radius 2 is 1.03 bits per heavy atom. The summed E-state index contributed by atoms with van der Waals surface area (Å²) in [5.41, 5.74) is 0. The Hall–Kier alpha value is -0.612. The standard InChI is InChI=1S/2C14H17Si.2ClH.Ti/c2*1-2-15(10-5-11-15)14-9-8-12-6-3-4-7-13(12)14;;;/h2*3-4,6-9H,2,5,10-11H2,1H3;2*1H;/q2*-1;;;+2/p-2. The molecule has 2 aliphatic heterocycles. The van der Waals surface area contributed by atoms with Crippen LogP contribution in [0.2, 0.25) is 36.3 Å².